The molecule has 0 aromatic heterocycles. The predicted octanol–water partition coefficient (Wildman–Crippen LogP) is 7.26. The summed E-state index contributed by atoms with van der Waals surface area (Å²) in [5.74, 6) is 0. The summed E-state index contributed by atoms with van der Waals surface area (Å²) < 4.78 is 1.19. The minimum atomic E-state index is 1.01. The van der Waals surface area contributed by atoms with Crippen LogP contribution < -0.4 is 0 Å². The highest BCUT2D eigenvalue weighted by molar-refractivity contribution is 9.10. The van der Waals surface area contributed by atoms with Crippen molar-refractivity contribution < 1.29 is 0 Å². The molecule has 0 amide bonds. The number of benzene rings is 4. The zero-order valence-corrected chi connectivity index (χ0v) is 16.4. The third-order valence-corrected chi connectivity index (χ3v) is 6.72. The number of halogens is 1. The van der Waals surface area contributed by atoms with E-state index in [1.54, 1.807) is 0 Å². The summed E-state index contributed by atoms with van der Waals surface area (Å²) in [7, 11) is 0. The SMILES string of the molecule is Brc1ccc2c(c1-c1cccc3c1Cc1ccccc1-3)Cc1ccccc1-2. The molecular formula is C26H17Br. The van der Waals surface area contributed by atoms with E-state index < -0.39 is 0 Å². The van der Waals surface area contributed by atoms with Crippen LogP contribution in [-0.2, 0) is 12.8 Å². The van der Waals surface area contributed by atoms with Gasteiger partial charge in [0.2, 0.25) is 0 Å². The standard InChI is InChI=1S/C26H17Br/c27-25-13-12-21-19-9-4-2-7-17(19)15-24(21)26(25)22-11-5-10-20-18-8-3-1-6-16(18)14-23(20)22/h1-13H,14-15H2. The van der Waals surface area contributed by atoms with E-state index in [0.29, 0.717) is 0 Å². The van der Waals surface area contributed by atoms with Gasteiger partial charge in [-0.1, -0.05) is 88.7 Å². The van der Waals surface area contributed by atoms with Crippen molar-refractivity contribution >= 4 is 15.9 Å². The fraction of sp³-hybridized carbons (Fsp3) is 0.0769. The van der Waals surface area contributed by atoms with Crippen molar-refractivity contribution in [1.82, 2.24) is 0 Å². The average Bonchev–Trinajstić information content (AvgIpc) is 3.26. The van der Waals surface area contributed by atoms with E-state index in [9.17, 15) is 0 Å². The van der Waals surface area contributed by atoms with Gasteiger partial charge in [0.15, 0.2) is 0 Å². The van der Waals surface area contributed by atoms with Gasteiger partial charge >= 0.3 is 0 Å². The molecule has 4 aromatic carbocycles. The molecule has 0 atom stereocenters. The molecule has 2 aliphatic carbocycles. The minimum absolute atomic E-state index is 1.01. The first-order chi connectivity index (χ1) is 13.3. The highest BCUT2D eigenvalue weighted by atomic mass is 79.9. The maximum absolute atomic E-state index is 3.87. The third kappa shape index (κ3) is 2.15. The van der Waals surface area contributed by atoms with Gasteiger partial charge in [-0.2, -0.15) is 0 Å². The fourth-order valence-electron chi connectivity index (χ4n) is 4.87. The van der Waals surface area contributed by atoms with Gasteiger partial charge in [-0.05, 0) is 69.0 Å². The van der Waals surface area contributed by atoms with E-state index in [-0.39, 0.29) is 0 Å². The zero-order valence-electron chi connectivity index (χ0n) is 14.8. The third-order valence-electron chi connectivity index (χ3n) is 6.06. The van der Waals surface area contributed by atoms with E-state index in [1.807, 2.05) is 0 Å². The predicted molar refractivity (Wildman–Crippen MR) is 116 cm³/mol. The van der Waals surface area contributed by atoms with Crippen LogP contribution in [0.25, 0.3) is 33.4 Å². The first-order valence-electron chi connectivity index (χ1n) is 9.41. The molecule has 0 saturated carbocycles. The van der Waals surface area contributed by atoms with Crippen molar-refractivity contribution in [3.8, 4) is 33.4 Å². The van der Waals surface area contributed by atoms with Gasteiger partial charge < -0.3 is 0 Å². The molecule has 0 unspecified atom stereocenters. The lowest BCUT2D eigenvalue weighted by Gasteiger charge is -2.15. The Morgan fingerprint density at radius 2 is 1.04 bits per heavy atom. The van der Waals surface area contributed by atoms with Crippen molar-refractivity contribution in [2.75, 3.05) is 0 Å². The number of fused-ring (bicyclic) bond motifs is 6. The number of hydrogen-bond donors (Lipinski definition) is 0. The smallest absolute Gasteiger partial charge is 0.0257 e. The first-order valence-corrected chi connectivity index (χ1v) is 10.2. The molecule has 4 aromatic rings. The first kappa shape index (κ1) is 15.4. The highest BCUT2D eigenvalue weighted by Gasteiger charge is 2.27. The molecule has 0 heterocycles. The Bertz CT molecular complexity index is 1230. The molecule has 0 saturated heterocycles. The number of hydrogen-bond acceptors (Lipinski definition) is 0. The molecule has 2 aliphatic rings. The molecule has 6 rings (SSSR count). The second kappa shape index (κ2) is 5.68. The summed E-state index contributed by atoms with van der Waals surface area (Å²) >= 11 is 3.87. The molecule has 0 radical (unpaired) electrons. The Kier molecular flexibility index (Phi) is 3.24. The van der Waals surface area contributed by atoms with Crippen LogP contribution in [0.15, 0.2) is 83.3 Å². The molecule has 0 aliphatic heterocycles. The highest BCUT2D eigenvalue weighted by Crippen LogP contribution is 2.48. The molecule has 0 nitrogen and oxygen atoms in total. The number of rotatable bonds is 1. The van der Waals surface area contributed by atoms with Crippen LogP contribution in [0, 0.1) is 0 Å². The fourth-order valence-corrected chi connectivity index (χ4v) is 5.45. The summed E-state index contributed by atoms with van der Waals surface area (Å²) in [6.45, 7) is 0. The summed E-state index contributed by atoms with van der Waals surface area (Å²) in [6, 6.07) is 28.9. The molecule has 0 spiro atoms. The second-order valence-corrected chi connectivity index (χ2v) is 8.30. The molecule has 128 valence electrons. The van der Waals surface area contributed by atoms with Gasteiger partial charge in [0.25, 0.3) is 0 Å². The minimum Gasteiger partial charge on any atom is -0.0619 e. The van der Waals surface area contributed by atoms with Gasteiger partial charge in [0.05, 0.1) is 0 Å². The lowest BCUT2D eigenvalue weighted by Crippen LogP contribution is -1.94. The Hall–Kier alpha value is -2.64. The van der Waals surface area contributed by atoms with Crippen LogP contribution in [0.1, 0.15) is 22.3 Å². The Balaban J connectivity index is 1.61. The Labute approximate surface area is 167 Å². The maximum Gasteiger partial charge on any atom is 0.0257 e. The van der Waals surface area contributed by atoms with Crippen molar-refractivity contribution in [3.05, 3.63) is 106 Å². The monoisotopic (exact) mass is 408 g/mol. The van der Waals surface area contributed by atoms with E-state index in [4.69, 9.17) is 0 Å². The summed E-state index contributed by atoms with van der Waals surface area (Å²) in [6.07, 6.45) is 2.03. The Morgan fingerprint density at radius 3 is 1.78 bits per heavy atom. The van der Waals surface area contributed by atoms with Gasteiger partial charge in [-0.15, -0.1) is 0 Å². The summed E-state index contributed by atoms with van der Waals surface area (Å²) in [4.78, 5) is 0. The van der Waals surface area contributed by atoms with Crippen LogP contribution in [-0.4, -0.2) is 0 Å². The van der Waals surface area contributed by atoms with Gasteiger partial charge in [-0.3, -0.25) is 0 Å². The normalized spacial score (nSPS) is 13.1. The van der Waals surface area contributed by atoms with Gasteiger partial charge in [0.1, 0.15) is 0 Å². The molecule has 0 N–H and O–H groups in total. The van der Waals surface area contributed by atoms with Crippen molar-refractivity contribution in [3.63, 3.8) is 0 Å². The van der Waals surface area contributed by atoms with E-state index in [0.717, 1.165) is 12.8 Å². The van der Waals surface area contributed by atoms with Gasteiger partial charge in [-0.25, -0.2) is 0 Å². The van der Waals surface area contributed by atoms with E-state index in [2.05, 4.69) is 94.8 Å². The Morgan fingerprint density at radius 1 is 0.481 bits per heavy atom. The second-order valence-electron chi connectivity index (χ2n) is 7.45. The lowest BCUT2D eigenvalue weighted by atomic mass is 9.90. The summed E-state index contributed by atoms with van der Waals surface area (Å²) in [5.41, 5.74) is 14.1. The van der Waals surface area contributed by atoms with E-state index in [1.165, 1.54) is 60.1 Å². The largest absolute Gasteiger partial charge is 0.0619 e. The van der Waals surface area contributed by atoms with E-state index >= 15 is 0 Å². The molecule has 1 heteroatoms. The van der Waals surface area contributed by atoms with Gasteiger partial charge in [0, 0.05) is 10.0 Å². The summed E-state index contributed by atoms with van der Waals surface area (Å²) in [5, 5.41) is 0. The average molecular weight is 409 g/mol. The lowest BCUT2D eigenvalue weighted by molar-refractivity contribution is 1.23. The molecule has 0 fully saturated rings. The topological polar surface area (TPSA) is 0 Å². The van der Waals surface area contributed by atoms with Crippen molar-refractivity contribution in [1.29, 1.82) is 0 Å². The molecular weight excluding hydrogens is 392 g/mol. The van der Waals surface area contributed by atoms with Crippen LogP contribution >= 0.6 is 15.9 Å². The van der Waals surface area contributed by atoms with Crippen LogP contribution in [0.5, 0.6) is 0 Å². The zero-order chi connectivity index (χ0) is 18.0. The van der Waals surface area contributed by atoms with Crippen LogP contribution in [0.2, 0.25) is 0 Å². The molecule has 0 bridgehead atoms. The van der Waals surface area contributed by atoms with Crippen LogP contribution in [0.3, 0.4) is 0 Å². The van der Waals surface area contributed by atoms with Crippen molar-refractivity contribution in [2.24, 2.45) is 0 Å². The maximum atomic E-state index is 3.87. The van der Waals surface area contributed by atoms with Crippen LogP contribution in [0.4, 0.5) is 0 Å². The quantitative estimate of drug-likeness (QED) is 0.268. The molecule has 27 heavy (non-hydrogen) atoms. The van der Waals surface area contributed by atoms with Crippen molar-refractivity contribution in [2.45, 2.75) is 12.8 Å².